The van der Waals surface area contributed by atoms with Crippen LogP contribution in [0.4, 0.5) is 0 Å². The number of hydrogen-bond donors (Lipinski definition) is 1. The van der Waals surface area contributed by atoms with Gasteiger partial charge < -0.3 is 4.74 Å². The lowest BCUT2D eigenvalue weighted by atomic mass is 9.83. The van der Waals surface area contributed by atoms with Crippen molar-refractivity contribution >= 4 is 10.1 Å². The molecule has 4 nitrogen and oxygen atoms in total. The minimum Gasteiger partial charge on any atom is -0.493 e. The molecule has 5 heteroatoms. The highest BCUT2D eigenvalue weighted by molar-refractivity contribution is 7.85. The van der Waals surface area contributed by atoms with E-state index in [2.05, 4.69) is 47.6 Å². The second-order valence-corrected chi connectivity index (χ2v) is 9.43. The molecule has 0 radical (unpaired) electrons. The monoisotopic (exact) mass is 370 g/mol. The molecular formula is C20H34O4S. The second kappa shape index (κ2) is 9.04. The van der Waals surface area contributed by atoms with E-state index in [9.17, 15) is 8.42 Å². The third-order valence-corrected chi connectivity index (χ3v) is 5.41. The van der Waals surface area contributed by atoms with Gasteiger partial charge in [0.25, 0.3) is 10.1 Å². The molecule has 0 amide bonds. The summed E-state index contributed by atoms with van der Waals surface area (Å²) in [4.78, 5) is 0. The summed E-state index contributed by atoms with van der Waals surface area (Å²) in [6.07, 6.45) is 0.584. The fraction of sp³-hybridized carbons (Fsp3) is 0.700. The Morgan fingerprint density at radius 3 is 1.92 bits per heavy atom. The SMILES string of the molecule is CC(CCOc1ccc(C(C)C)c(C(C)C)c1C(C)C)CS(=O)(=O)O. The van der Waals surface area contributed by atoms with Crippen LogP contribution in [0.15, 0.2) is 12.1 Å². The standard InChI is InChI=1S/C20H34O4S/c1-13(2)17-8-9-18(20(15(5)6)19(17)14(3)4)24-11-10-16(7)12-25(21,22)23/h8-9,13-16H,10-12H2,1-7H3,(H,21,22,23). The third kappa shape index (κ3) is 6.63. The minimum absolute atomic E-state index is 0.142. The Hall–Kier alpha value is -1.07. The minimum atomic E-state index is -3.93. The van der Waals surface area contributed by atoms with Crippen LogP contribution < -0.4 is 4.74 Å². The van der Waals surface area contributed by atoms with Gasteiger partial charge in [0.2, 0.25) is 0 Å². The van der Waals surface area contributed by atoms with E-state index in [0.29, 0.717) is 30.8 Å². The fourth-order valence-electron chi connectivity index (χ4n) is 3.32. The summed E-state index contributed by atoms with van der Waals surface area (Å²) in [5, 5.41) is 0. The Morgan fingerprint density at radius 2 is 1.48 bits per heavy atom. The summed E-state index contributed by atoms with van der Waals surface area (Å²) in [7, 11) is -3.93. The molecule has 1 rings (SSSR count). The average Bonchev–Trinajstić information content (AvgIpc) is 2.43. The smallest absolute Gasteiger partial charge is 0.265 e. The number of benzene rings is 1. The van der Waals surface area contributed by atoms with Crippen LogP contribution in [0.3, 0.4) is 0 Å². The molecule has 0 fully saturated rings. The predicted octanol–water partition coefficient (Wildman–Crippen LogP) is 5.35. The van der Waals surface area contributed by atoms with Gasteiger partial charge in [0.05, 0.1) is 12.4 Å². The number of hydrogen-bond acceptors (Lipinski definition) is 3. The second-order valence-electron chi connectivity index (χ2n) is 7.94. The molecule has 1 aromatic rings. The Morgan fingerprint density at radius 1 is 0.920 bits per heavy atom. The van der Waals surface area contributed by atoms with Crippen molar-refractivity contribution in [3.63, 3.8) is 0 Å². The summed E-state index contributed by atoms with van der Waals surface area (Å²) >= 11 is 0. The topological polar surface area (TPSA) is 63.6 Å². The predicted molar refractivity (Wildman–Crippen MR) is 104 cm³/mol. The van der Waals surface area contributed by atoms with Crippen molar-refractivity contribution in [2.45, 2.75) is 72.6 Å². The molecule has 0 saturated heterocycles. The molecule has 144 valence electrons. The van der Waals surface area contributed by atoms with Crippen LogP contribution in [0, 0.1) is 5.92 Å². The van der Waals surface area contributed by atoms with Crippen molar-refractivity contribution < 1.29 is 17.7 Å². The maximum Gasteiger partial charge on any atom is 0.265 e. The van der Waals surface area contributed by atoms with Crippen LogP contribution in [0.2, 0.25) is 0 Å². The lowest BCUT2D eigenvalue weighted by molar-refractivity contribution is 0.284. The van der Waals surface area contributed by atoms with Gasteiger partial charge in [0.15, 0.2) is 0 Å². The molecule has 25 heavy (non-hydrogen) atoms. The first kappa shape index (κ1) is 22.0. The maximum atomic E-state index is 11.0. The van der Waals surface area contributed by atoms with Crippen LogP contribution in [0.25, 0.3) is 0 Å². The molecule has 1 N–H and O–H groups in total. The van der Waals surface area contributed by atoms with Crippen LogP contribution in [-0.4, -0.2) is 25.3 Å². The van der Waals surface area contributed by atoms with Crippen LogP contribution in [-0.2, 0) is 10.1 Å². The summed E-state index contributed by atoms with van der Waals surface area (Å²) in [5.74, 6) is 1.74. The van der Waals surface area contributed by atoms with Crippen LogP contribution in [0.1, 0.15) is 89.3 Å². The van der Waals surface area contributed by atoms with Crippen molar-refractivity contribution in [3.8, 4) is 5.75 Å². The number of ether oxygens (including phenoxy) is 1. The van der Waals surface area contributed by atoms with E-state index in [1.165, 1.54) is 16.7 Å². The molecular weight excluding hydrogens is 336 g/mol. The molecule has 0 saturated carbocycles. The van der Waals surface area contributed by atoms with E-state index in [1.54, 1.807) is 0 Å². The molecule has 0 bridgehead atoms. The molecule has 1 unspecified atom stereocenters. The van der Waals surface area contributed by atoms with Gasteiger partial charge in [0.1, 0.15) is 5.75 Å². The van der Waals surface area contributed by atoms with Gasteiger partial charge in [-0.1, -0.05) is 54.5 Å². The molecule has 0 aliphatic heterocycles. The molecule has 0 aliphatic rings. The van der Waals surface area contributed by atoms with E-state index < -0.39 is 10.1 Å². The van der Waals surface area contributed by atoms with Gasteiger partial charge >= 0.3 is 0 Å². The van der Waals surface area contributed by atoms with Gasteiger partial charge in [-0.05, 0) is 47.3 Å². The van der Waals surface area contributed by atoms with Gasteiger partial charge in [0, 0.05) is 5.56 Å². The fourth-order valence-corrected chi connectivity index (χ4v) is 4.20. The molecule has 0 heterocycles. The molecule has 0 spiro atoms. The normalized spacial score (nSPS) is 13.7. The quantitative estimate of drug-likeness (QED) is 0.595. The highest BCUT2D eigenvalue weighted by Gasteiger charge is 2.21. The van der Waals surface area contributed by atoms with Crippen LogP contribution in [0.5, 0.6) is 5.75 Å². The highest BCUT2D eigenvalue weighted by atomic mass is 32.2. The van der Waals surface area contributed by atoms with Crippen molar-refractivity contribution in [1.29, 1.82) is 0 Å². The zero-order chi connectivity index (χ0) is 19.4. The maximum absolute atomic E-state index is 11.0. The van der Waals surface area contributed by atoms with Gasteiger partial charge in [-0.2, -0.15) is 8.42 Å². The van der Waals surface area contributed by atoms with E-state index in [1.807, 2.05) is 13.0 Å². The highest BCUT2D eigenvalue weighted by Crippen LogP contribution is 2.39. The Bertz CT molecular complexity index is 661. The summed E-state index contributed by atoms with van der Waals surface area (Å²) in [6.45, 7) is 15.5. The average molecular weight is 371 g/mol. The van der Waals surface area contributed by atoms with E-state index in [0.717, 1.165) is 5.75 Å². The molecule has 0 aliphatic carbocycles. The molecule has 0 aromatic heterocycles. The van der Waals surface area contributed by atoms with Gasteiger partial charge in [-0.15, -0.1) is 0 Å². The van der Waals surface area contributed by atoms with Crippen molar-refractivity contribution in [3.05, 3.63) is 28.8 Å². The first-order valence-corrected chi connectivity index (χ1v) is 10.8. The lowest BCUT2D eigenvalue weighted by Crippen LogP contribution is -2.16. The lowest BCUT2D eigenvalue weighted by Gasteiger charge is -2.25. The first-order chi connectivity index (χ1) is 11.4. The molecule has 1 aromatic carbocycles. The first-order valence-electron chi connectivity index (χ1n) is 9.18. The van der Waals surface area contributed by atoms with Gasteiger partial charge in [-0.3, -0.25) is 4.55 Å². The Labute approximate surface area is 153 Å². The van der Waals surface area contributed by atoms with Crippen molar-refractivity contribution in [2.75, 3.05) is 12.4 Å². The van der Waals surface area contributed by atoms with Crippen LogP contribution >= 0.6 is 0 Å². The zero-order valence-electron chi connectivity index (χ0n) is 16.7. The molecule has 1 atom stereocenters. The van der Waals surface area contributed by atoms with E-state index in [-0.39, 0.29) is 11.7 Å². The summed E-state index contributed by atoms with van der Waals surface area (Å²) in [6, 6.07) is 4.20. The third-order valence-electron chi connectivity index (χ3n) is 4.42. The largest absolute Gasteiger partial charge is 0.493 e. The number of rotatable bonds is 9. The summed E-state index contributed by atoms with van der Waals surface area (Å²) < 4.78 is 36.9. The van der Waals surface area contributed by atoms with E-state index in [4.69, 9.17) is 9.29 Å². The zero-order valence-corrected chi connectivity index (χ0v) is 17.5. The summed E-state index contributed by atoms with van der Waals surface area (Å²) in [5.41, 5.74) is 3.99. The Balaban J connectivity index is 3.02. The van der Waals surface area contributed by atoms with Gasteiger partial charge in [-0.25, -0.2) is 0 Å². The Kier molecular flexibility index (Phi) is 7.94. The van der Waals surface area contributed by atoms with Crippen molar-refractivity contribution in [2.24, 2.45) is 5.92 Å². The van der Waals surface area contributed by atoms with Crippen molar-refractivity contribution in [1.82, 2.24) is 0 Å². The van der Waals surface area contributed by atoms with E-state index >= 15 is 0 Å².